The molecule has 0 aliphatic rings. The first-order chi connectivity index (χ1) is 7.77. The molecule has 0 bridgehead atoms. The van der Waals surface area contributed by atoms with Gasteiger partial charge in [0.15, 0.2) is 0 Å². The van der Waals surface area contributed by atoms with Gasteiger partial charge in [0, 0.05) is 18.0 Å². The molecule has 1 aromatic heterocycles. The van der Waals surface area contributed by atoms with Crippen molar-refractivity contribution in [2.24, 2.45) is 0 Å². The Balaban J connectivity index is 0.00000144. The van der Waals surface area contributed by atoms with Gasteiger partial charge >= 0.3 is 0 Å². The molecule has 2 rings (SSSR count). The van der Waals surface area contributed by atoms with Gasteiger partial charge in [-0.05, 0) is 24.3 Å². The molecule has 1 aromatic carbocycles. The first-order valence-corrected chi connectivity index (χ1v) is 5.11. The molecule has 1 heterocycles. The first kappa shape index (κ1) is 13.5. The maximum Gasteiger partial charge on any atom is 0.255 e. The van der Waals surface area contributed by atoms with E-state index in [2.05, 4.69) is 10.3 Å². The van der Waals surface area contributed by atoms with Crippen LogP contribution in [0.1, 0.15) is 10.4 Å². The van der Waals surface area contributed by atoms with Crippen molar-refractivity contribution in [3.63, 3.8) is 0 Å². The third-order valence-electron chi connectivity index (χ3n) is 2.06. The van der Waals surface area contributed by atoms with Crippen molar-refractivity contribution >= 4 is 35.6 Å². The zero-order valence-electron chi connectivity index (χ0n) is 8.76. The van der Waals surface area contributed by atoms with Crippen LogP contribution < -0.4 is 5.32 Å². The second-order valence-electron chi connectivity index (χ2n) is 3.17. The molecule has 0 aliphatic heterocycles. The van der Waals surface area contributed by atoms with Crippen LogP contribution in [-0.4, -0.2) is 10.9 Å². The minimum atomic E-state index is -0.199. The number of hydrogen-bond acceptors (Lipinski definition) is 2. The maximum absolute atomic E-state index is 11.8. The molecule has 0 fully saturated rings. The molecule has 5 heteroatoms. The highest BCUT2D eigenvalue weighted by Crippen LogP contribution is 2.20. The van der Waals surface area contributed by atoms with Crippen molar-refractivity contribution in [1.29, 1.82) is 0 Å². The summed E-state index contributed by atoms with van der Waals surface area (Å²) in [6, 6.07) is 10.4. The van der Waals surface area contributed by atoms with E-state index in [1.807, 2.05) is 12.1 Å². The summed E-state index contributed by atoms with van der Waals surface area (Å²) in [7, 11) is 0. The molecule has 0 spiro atoms. The number of amides is 1. The van der Waals surface area contributed by atoms with Crippen molar-refractivity contribution in [2.45, 2.75) is 0 Å². The molecular formula is C12H10Cl2N2O. The van der Waals surface area contributed by atoms with Crippen LogP contribution in [0.25, 0.3) is 0 Å². The zero-order valence-corrected chi connectivity index (χ0v) is 10.3. The second kappa shape index (κ2) is 6.23. The third-order valence-corrected chi connectivity index (χ3v) is 2.39. The Bertz CT molecular complexity index is 503. The minimum Gasteiger partial charge on any atom is -0.321 e. The molecule has 3 nitrogen and oxygen atoms in total. The average molecular weight is 269 g/mol. The van der Waals surface area contributed by atoms with Gasteiger partial charge in [0.05, 0.1) is 10.7 Å². The predicted molar refractivity (Wildman–Crippen MR) is 70.9 cm³/mol. The molecule has 1 amide bonds. The van der Waals surface area contributed by atoms with E-state index < -0.39 is 0 Å². The molecule has 0 radical (unpaired) electrons. The fraction of sp³-hybridized carbons (Fsp3) is 0. The molecule has 2 aromatic rings. The van der Waals surface area contributed by atoms with Crippen LogP contribution in [0, 0.1) is 0 Å². The SMILES string of the molecule is Cl.O=C(Nc1ccccc1Cl)c1ccncc1. The van der Waals surface area contributed by atoms with E-state index in [0.29, 0.717) is 16.3 Å². The number of nitrogens with one attached hydrogen (secondary N) is 1. The van der Waals surface area contributed by atoms with Gasteiger partial charge in [-0.15, -0.1) is 12.4 Å². The minimum absolute atomic E-state index is 0. The van der Waals surface area contributed by atoms with Gasteiger partial charge in [-0.3, -0.25) is 9.78 Å². The smallest absolute Gasteiger partial charge is 0.255 e. The number of aromatic nitrogens is 1. The number of rotatable bonds is 2. The van der Waals surface area contributed by atoms with Crippen molar-refractivity contribution in [3.05, 3.63) is 59.4 Å². The lowest BCUT2D eigenvalue weighted by Gasteiger charge is -2.06. The van der Waals surface area contributed by atoms with Crippen LogP contribution in [0.2, 0.25) is 5.02 Å². The second-order valence-corrected chi connectivity index (χ2v) is 3.58. The highest BCUT2D eigenvalue weighted by molar-refractivity contribution is 6.33. The first-order valence-electron chi connectivity index (χ1n) is 4.73. The molecular weight excluding hydrogens is 259 g/mol. The molecule has 0 saturated carbocycles. The summed E-state index contributed by atoms with van der Waals surface area (Å²) in [5.41, 5.74) is 1.15. The Morgan fingerprint density at radius 3 is 2.41 bits per heavy atom. The highest BCUT2D eigenvalue weighted by atomic mass is 35.5. The standard InChI is InChI=1S/C12H9ClN2O.ClH/c13-10-3-1-2-4-11(10)15-12(16)9-5-7-14-8-6-9;/h1-8H,(H,15,16);1H. The summed E-state index contributed by atoms with van der Waals surface area (Å²) in [4.78, 5) is 15.6. The molecule has 0 atom stereocenters. The third kappa shape index (κ3) is 3.44. The lowest BCUT2D eigenvalue weighted by atomic mass is 10.2. The van der Waals surface area contributed by atoms with E-state index in [-0.39, 0.29) is 18.3 Å². The number of pyridine rings is 1. The number of nitrogens with zero attached hydrogens (tertiary/aromatic N) is 1. The van der Waals surface area contributed by atoms with E-state index in [4.69, 9.17) is 11.6 Å². The fourth-order valence-corrected chi connectivity index (χ4v) is 1.44. The zero-order chi connectivity index (χ0) is 11.4. The van der Waals surface area contributed by atoms with Gasteiger partial charge in [0.1, 0.15) is 0 Å². The number of para-hydroxylation sites is 1. The van der Waals surface area contributed by atoms with Gasteiger partial charge < -0.3 is 5.32 Å². The largest absolute Gasteiger partial charge is 0.321 e. The van der Waals surface area contributed by atoms with Crippen LogP contribution in [0.4, 0.5) is 5.69 Å². The van der Waals surface area contributed by atoms with Crippen LogP contribution in [0.3, 0.4) is 0 Å². The molecule has 0 saturated heterocycles. The van der Waals surface area contributed by atoms with Crippen LogP contribution >= 0.6 is 24.0 Å². The quantitative estimate of drug-likeness (QED) is 0.907. The van der Waals surface area contributed by atoms with Gasteiger partial charge in [0.25, 0.3) is 5.91 Å². The molecule has 1 N–H and O–H groups in total. The van der Waals surface area contributed by atoms with E-state index in [1.165, 1.54) is 0 Å². The lowest BCUT2D eigenvalue weighted by Crippen LogP contribution is -2.11. The highest BCUT2D eigenvalue weighted by Gasteiger charge is 2.06. The molecule has 88 valence electrons. The average Bonchev–Trinajstić information content (AvgIpc) is 2.33. The van der Waals surface area contributed by atoms with Crippen molar-refractivity contribution in [1.82, 2.24) is 4.98 Å². The van der Waals surface area contributed by atoms with E-state index in [9.17, 15) is 4.79 Å². The monoisotopic (exact) mass is 268 g/mol. The van der Waals surface area contributed by atoms with Gasteiger partial charge in [0.2, 0.25) is 0 Å². The topological polar surface area (TPSA) is 42.0 Å². The summed E-state index contributed by atoms with van der Waals surface area (Å²) in [5, 5.41) is 3.25. The summed E-state index contributed by atoms with van der Waals surface area (Å²) in [5.74, 6) is -0.199. The predicted octanol–water partition coefficient (Wildman–Crippen LogP) is 3.41. The summed E-state index contributed by atoms with van der Waals surface area (Å²) >= 11 is 5.93. The summed E-state index contributed by atoms with van der Waals surface area (Å²) in [6.07, 6.45) is 3.14. The fourth-order valence-electron chi connectivity index (χ4n) is 1.26. The molecule has 17 heavy (non-hydrogen) atoms. The van der Waals surface area contributed by atoms with E-state index >= 15 is 0 Å². The number of halogens is 2. The van der Waals surface area contributed by atoms with Crippen molar-refractivity contribution in [3.8, 4) is 0 Å². The number of hydrogen-bond donors (Lipinski definition) is 1. The van der Waals surface area contributed by atoms with Crippen molar-refractivity contribution < 1.29 is 4.79 Å². The Kier molecular flexibility index (Phi) is 4.94. The normalized spacial score (nSPS) is 9.24. The van der Waals surface area contributed by atoms with Crippen LogP contribution in [-0.2, 0) is 0 Å². The number of carbonyl (C=O) groups is 1. The lowest BCUT2D eigenvalue weighted by molar-refractivity contribution is 0.102. The van der Waals surface area contributed by atoms with Gasteiger partial charge in [-0.2, -0.15) is 0 Å². The number of anilines is 1. The number of benzene rings is 1. The van der Waals surface area contributed by atoms with Crippen LogP contribution in [0.15, 0.2) is 48.8 Å². The van der Waals surface area contributed by atoms with E-state index in [1.54, 1.807) is 36.7 Å². The van der Waals surface area contributed by atoms with Gasteiger partial charge in [-0.1, -0.05) is 23.7 Å². The Hall–Kier alpha value is -1.58. The Morgan fingerprint density at radius 1 is 1.12 bits per heavy atom. The maximum atomic E-state index is 11.8. The van der Waals surface area contributed by atoms with E-state index in [0.717, 1.165) is 0 Å². The summed E-state index contributed by atoms with van der Waals surface area (Å²) < 4.78 is 0. The molecule has 0 aliphatic carbocycles. The summed E-state index contributed by atoms with van der Waals surface area (Å²) in [6.45, 7) is 0. The Labute approximate surface area is 110 Å². The van der Waals surface area contributed by atoms with Gasteiger partial charge in [-0.25, -0.2) is 0 Å². The Morgan fingerprint density at radius 2 is 1.76 bits per heavy atom. The number of carbonyl (C=O) groups excluding carboxylic acids is 1. The molecule has 0 unspecified atom stereocenters. The van der Waals surface area contributed by atoms with Crippen LogP contribution in [0.5, 0.6) is 0 Å². The van der Waals surface area contributed by atoms with Crippen molar-refractivity contribution in [2.75, 3.05) is 5.32 Å².